The van der Waals surface area contributed by atoms with Crippen LogP contribution in [-0.2, 0) is 10.8 Å². The first kappa shape index (κ1) is 37.8. The lowest BCUT2D eigenvalue weighted by molar-refractivity contribution is -0.00518. The van der Waals surface area contributed by atoms with Crippen LogP contribution in [0.25, 0.3) is 66.1 Å². The Morgan fingerprint density at radius 2 is 0.922 bits per heavy atom. The number of nitrogens with zero attached hydrogens (tertiary/aromatic N) is 1. The Balaban J connectivity index is 0.971. The molecule has 0 radical (unpaired) electrons. The van der Waals surface area contributed by atoms with Crippen LogP contribution in [0.1, 0.15) is 69.1 Å². The molecule has 0 amide bonds. The third kappa shape index (κ3) is 5.97. The molecule has 0 saturated heterocycles. The fourth-order valence-electron chi connectivity index (χ4n) is 13.6. The van der Waals surface area contributed by atoms with Crippen LogP contribution in [0, 0.1) is 17.8 Å². The van der Waals surface area contributed by atoms with Crippen molar-refractivity contribution in [3.63, 3.8) is 0 Å². The van der Waals surface area contributed by atoms with Crippen LogP contribution >= 0.6 is 0 Å². The summed E-state index contributed by atoms with van der Waals surface area (Å²) in [5.74, 6) is 2.84. The summed E-state index contributed by atoms with van der Waals surface area (Å²) in [5, 5.41) is 4.95. The lowest BCUT2D eigenvalue weighted by atomic mass is 9.48. The molecular formula is C63H53N. The highest BCUT2D eigenvalue weighted by Gasteiger charge is 2.51. The van der Waals surface area contributed by atoms with Gasteiger partial charge in [0.05, 0.1) is 5.69 Å². The van der Waals surface area contributed by atoms with Crippen LogP contribution in [0.3, 0.4) is 0 Å². The van der Waals surface area contributed by atoms with E-state index in [-0.39, 0.29) is 5.41 Å². The van der Waals surface area contributed by atoms with Gasteiger partial charge in [0, 0.05) is 27.7 Å². The predicted octanol–water partition coefficient (Wildman–Crippen LogP) is 17.2. The molecule has 0 aromatic heterocycles. The number of fused-ring (bicyclic) bond motifs is 5. The molecule has 9 aromatic carbocycles. The lowest BCUT2D eigenvalue weighted by Crippen LogP contribution is -2.48. The van der Waals surface area contributed by atoms with Crippen LogP contribution in [-0.4, -0.2) is 0 Å². The normalized spacial score (nSPS) is 21.2. The third-order valence-corrected chi connectivity index (χ3v) is 16.2. The average molecular weight is 824 g/mol. The zero-order chi connectivity index (χ0) is 42.6. The van der Waals surface area contributed by atoms with E-state index in [0.717, 1.165) is 29.1 Å². The molecule has 0 spiro atoms. The smallest absolute Gasteiger partial charge is 0.0618 e. The van der Waals surface area contributed by atoms with Crippen molar-refractivity contribution in [3.05, 3.63) is 211 Å². The fraction of sp³-hybridized carbons (Fsp3) is 0.206. The van der Waals surface area contributed by atoms with E-state index in [1.165, 1.54) is 121 Å². The van der Waals surface area contributed by atoms with Crippen molar-refractivity contribution in [2.24, 2.45) is 17.8 Å². The molecule has 0 atom stereocenters. The third-order valence-electron chi connectivity index (χ3n) is 16.2. The highest BCUT2D eigenvalue weighted by Crippen LogP contribution is 2.61. The van der Waals surface area contributed by atoms with E-state index in [0.29, 0.717) is 5.41 Å². The van der Waals surface area contributed by atoms with Crippen molar-refractivity contribution in [3.8, 4) is 44.5 Å². The number of hydrogen-bond donors (Lipinski definition) is 0. The van der Waals surface area contributed by atoms with Gasteiger partial charge in [-0.1, -0.05) is 178 Å². The minimum absolute atomic E-state index is 0.135. The monoisotopic (exact) mass is 823 g/mol. The Morgan fingerprint density at radius 1 is 0.391 bits per heavy atom. The van der Waals surface area contributed by atoms with Crippen LogP contribution in [0.4, 0.5) is 17.1 Å². The van der Waals surface area contributed by atoms with Crippen LogP contribution in [0.15, 0.2) is 194 Å². The number of hydrogen-bond acceptors (Lipinski definition) is 1. The zero-order valence-electron chi connectivity index (χ0n) is 36.9. The maximum absolute atomic E-state index is 2.55. The Labute approximate surface area is 378 Å². The molecular weight excluding hydrogens is 771 g/mol. The molecule has 0 N–H and O–H groups in total. The summed E-state index contributed by atoms with van der Waals surface area (Å²) < 4.78 is 0. The minimum atomic E-state index is -0.135. The van der Waals surface area contributed by atoms with Gasteiger partial charge in [-0.25, -0.2) is 0 Å². The van der Waals surface area contributed by atoms with Crippen molar-refractivity contribution < 1.29 is 0 Å². The van der Waals surface area contributed by atoms with Gasteiger partial charge in [0.15, 0.2) is 0 Å². The van der Waals surface area contributed by atoms with E-state index < -0.39 is 0 Å². The molecule has 14 rings (SSSR count). The molecule has 4 saturated carbocycles. The Bertz CT molecular complexity index is 3240. The summed E-state index contributed by atoms with van der Waals surface area (Å²) in [7, 11) is 0. The Morgan fingerprint density at radius 3 is 1.66 bits per heavy atom. The molecule has 5 aliphatic carbocycles. The van der Waals surface area contributed by atoms with Gasteiger partial charge >= 0.3 is 0 Å². The van der Waals surface area contributed by atoms with E-state index in [2.05, 4.69) is 213 Å². The summed E-state index contributed by atoms with van der Waals surface area (Å²) in [5.41, 5.74) is 18.2. The lowest BCUT2D eigenvalue weighted by Gasteiger charge is -2.57. The van der Waals surface area contributed by atoms with Crippen molar-refractivity contribution >= 4 is 38.6 Å². The summed E-state index contributed by atoms with van der Waals surface area (Å²) in [6, 6.07) is 73.6. The van der Waals surface area contributed by atoms with Crippen molar-refractivity contribution in [2.75, 3.05) is 4.90 Å². The van der Waals surface area contributed by atoms with Gasteiger partial charge in [-0.3, -0.25) is 0 Å². The van der Waals surface area contributed by atoms with Gasteiger partial charge in [0.25, 0.3) is 0 Å². The Hall–Kier alpha value is -6.70. The second-order valence-electron chi connectivity index (χ2n) is 20.3. The quantitative estimate of drug-likeness (QED) is 0.155. The van der Waals surface area contributed by atoms with Gasteiger partial charge in [0.1, 0.15) is 0 Å². The van der Waals surface area contributed by atoms with E-state index in [4.69, 9.17) is 0 Å². The fourth-order valence-corrected chi connectivity index (χ4v) is 13.6. The van der Waals surface area contributed by atoms with Gasteiger partial charge in [0.2, 0.25) is 0 Å². The standard InChI is InChI=1S/C63H53N/c1-62(2)59-18-10-9-17-56(59)57-32-30-52(37-60(57)62)64(51-28-23-46(24-29-51)45-21-26-50(27-22-45)63-38-41-33-42(39-63)35-43(34-41)40-63)61-54-15-6-5-12-47(54)25-31-58(61)55-16-8-7-14-53(55)49-20-19-44-11-3-4-13-48(44)36-49/h3-32,36-37,41-43H,33-35,38-40H2,1-2H3. The maximum Gasteiger partial charge on any atom is 0.0618 e. The summed E-state index contributed by atoms with van der Waals surface area (Å²) in [4.78, 5) is 2.55. The van der Waals surface area contributed by atoms with Crippen LogP contribution in [0.5, 0.6) is 0 Å². The first-order valence-electron chi connectivity index (χ1n) is 23.7. The molecule has 64 heavy (non-hydrogen) atoms. The number of anilines is 3. The van der Waals surface area contributed by atoms with Crippen molar-refractivity contribution in [2.45, 2.75) is 63.2 Å². The van der Waals surface area contributed by atoms with E-state index in [9.17, 15) is 0 Å². The van der Waals surface area contributed by atoms with Gasteiger partial charge in [-0.05, 0) is 164 Å². The van der Waals surface area contributed by atoms with Crippen LogP contribution < -0.4 is 4.90 Å². The predicted molar refractivity (Wildman–Crippen MR) is 270 cm³/mol. The molecule has 0 unspecified atom stereocenters. The zero-order valence-corrected chi connectivity index (χ0v) is 36.9. The second-order valence-corrected chi connectivity index (χ2v) is 20.3. The second kappa shape index (κ2) is 14.4. The molecule has 1 heteroatoms. The van der Waals surface area contributed by atoms with Gasteiger partial charge in [-0.2, -0.15) is 0 Å². The molecule has 0 aliphatic heterocycles. The maximum atomic E-state index is 2.55. The molecule has 5 aliphatic rings. The first-order valence-corrected chi connectivity index (χ1v) is 23.7. The topological polar surface area (TPSA) is 3.24 Å². The van der Waals surface area contributed by atoms with Gasteiger partial charge < -0.3 is 4.90 Å². The molecule has 1 nitrogen and oxygen atoms in total. The molecule has 4 bridgehead atoms. The van der Waals surface area contributed by atoms with E-state index in [1.807, 2.05) is 0 Å². The number of rotatable bonds is 7. The largest absolute Gasteiger partial charge is 0.309 e. The highest BCUT2D eigenvalue weighted by atomic mass is 15.1. The molecule has 4 fully saturated rings. The number of benzene rings is 9. The molecule has 310 valence electrons. The van der Waals surface area contributed by atoms with E-state index >= 15 is 0 Å². The molecule has 9 aromatic rings. The van der Waals surface area contributed by atoms with Crippen LogP contribution in [0.2, 0.25) is 0 Å². The summed E-state index contributed by atoms with van der Waals surface area (Å²) >= 11 is 0. The minimum Gasteiger partial charge on any atom is -0.309 e. The Kier molecular flexibility index (Phi) is 8.52. The van der Waals surface area contributed by atoms with Gasteiger partial charge in [-0.15, -0.1) is 0 Å². The molecule has 0 heterocycles. The first-order chi connectivity index (χ1) is 31.4. The SMILES string of the molecule is CC1(C)c2ccccc2-c2ccc(N(c3ccc(-c4ccc(C56CC7CC(CC(C7)C5)C6)cc4)cc3)c3c(-c4ccccc4-c4ccc5ccccc5c4)ccc4ccccc34)cc21. The highest BCUT2D eigenvalue weighted by molar-refractivity contribution is 6.08. The van der Waals surface area contributed by atoms with Crippen molar-refractivity contribution in [1.82, 2.24) is 0 Å². The summed E-state index contributed by atoms with van der Waals surface area (Å²) in [6.45, 7) is 4.77. The van der Waals surface area contributed by atoms with Crippen molar-refractivity contribution in [1.29, 1.82) is 0 Å². The summed E-state index contributed by atoms with van der Waals surface area (Å²) in [6.07, 6.45) is 8.64. The average Bonchev–Trinajstić information content (AvgIpc) is 3.56. The van der Waals surface area contributed by atoms with E-state index in [1.54, 1.807) is 5.56 Å².